The smallest absolute Gasteiger partial charge is 0.323 e. The summed E-state index contributed by atoms with van der Waals surface area (Å²) in [6.45, 7) is 6.30. The van der Waals surface area contributed by atoms with E-state index in [0.717, 1.165) is 6.26 Å². The van der Waals surface area contributed by atoms with Crippen molar-refractivity contribution < 1.29 is 33.8 Å². The maximum atomic E-state index is 12.2. The number of Topliss-reactive ketones (excluding diaryl/α,β-unsaturated/α-hetero) is 2. The van der Waals surface area contributed by atoms with Crippen LogP contribution in [0.25, 0.3) is 0 Å². The van der Waals surface area contributed by atoms with Crippen molar-refractivity contribution in [3.8, 4) is 6.26 Å². The molecule has 8 heteroatoms. The highest BCUT2D eigenvalue weighted by Gasteiger charge is 2.44. The van der Waals surface area contributed by atoms with Gasteiger partial charge in [-0.15, -0.1) is 0 Å². The number of carbonyl (C=O) groups excluding carboxylic acids is 4. The summed E-state index contributed by atoms with van der Waals surface area (Å²) in [6.07, 6.45) is 0.819. The van der Waals surface area contributed by atoms with Gasteiger partial charge in [-0.2, -0.15) is 5.26 Å². The molecule has 0 fully saturated rings. The summed E-state index contributed by atoms with van der Waals surface area (Å²) in [6, 6.07) is 6.20. The van der Waals surface area contributed by atoms with E-state index < -0.39 is 28.9 Å². The summed E-state index contributed by atoms with van der Waals surface area (Å²) >= 11 is 0. The molecule has 0 aliphatic rings. The van der Waals surface area contributed by atoms with Crippen molar-refractivity contribution >= 4 is 23.5 Å². The SMILES string of the molecule is CCOC(=O)C(C)(Cc1ccc(C(=O)C(C)=O)cc1)C(=O)OCC.N#CO. The van der Waals surface area contributed by atoms with Crippen LogP contribution in [0.3, 0.4) is 0 Å². The number of aliphatic hydroxyl groups is 1. The molecule has 0 heterocycles. The molecule has 0 spiro atoms. The zero-order valence-electron chi connectivity index (χ0n) is 15.8. The molecule has 0 saturated heterocycles. The third-order valence-electron chi connectivity index (χ3n) is 3.55. The number of aliphatic hydroxyl groups excluding tert-OH is 1. The number of esters is 2. The number of carbonyl (C=O) groups is 4. The van der Waals surface area contributed by atoms with Gasteiger partial charge in [-0.3, -0.25) is 19.2 Å². The third kappa shape index (κ3) is 6.90. The van der Waals surface area contributed by atoms with Crippen LogP contribution in [0.5, 0.6) is 0 Å². The highest BCUT2D eigenvalue weighted by Crippen LogP contribution is 2.27. The molecule has 0 aliphatic heterocycles. The van der Waals surface area contributed by atoms with Crippen LogP contribution < -0.4 is 0 Å². The van der Waals surface area contributed by atoms with E-state index in [2.05, 4.69) is 0 Å². The fourth-order valence-corrected chi connectivity index (χ4v) is 2.19. The lowest BCUT2D eigenvalue weighted by molar-refractivity contribution is -0.170. The Hall–Kier alpha value is -3.21. The fraction of sp³-hybridized carbons (Fsp3) is 0.421. The lowest BCUT2D eigenvalue weighted by Gasteiger charge is -2.25. The van der Waals surface area contributed by atoms with E-state index in [1.165, 1.54) is 26.0 Å². The Labute approximate surface area is 157 Å². The monoisotopic (exact) mass is 377 g/mol. The van der Waals surface area contributed by atoms with Crippen LogP contribution in [0, 0.1) is 16.9 Å². The fourth-order valence-electron chi connectivity index (χ4n) is 2.19. The van der Waals surface area contributed by atoms with Gasteiger partial charge in [0.25, 0.3) is 6.26 Å². The van der Waals surface area contributed by atoms with Crippen LogP contribution in [-0.4, -0.2) is 41.8 Å². The molecule has 0 unspecified atom stereocenters. The molecule has 146 valence electrons. The molecule has 27 heavy (non-hydrogen) atoms. The molecule has 1 N–H and O–H groups in total. The highest BCUT2D eigenvalue weighted by molar-refractivity contribution is 6.42. The van der Waals surface area contributed by atoms with E-state index in [1.807, 2.05) is 0 Å². The van der Waals surface area contributed by atoms with Crippen LogP contribution >= 0.6 is 0 Å². The molecule has 0 amide bonds. The van der Waals surface area contributed by atoms with E-state index >= 15 is 0 Å². The van der Waals surface area contributed by atoms with Crippen LogP contribution in [0.4, 0.5) is 0 Å². The Morgan fingerprint density at radius 1 is 1.04 bits per heavy atom. The Morgan fingerprint density at radius 2 is 1.44 bits per heavy atom. The minimum atomic E-state index is -1.47. The number of rotatable bonds is 8. The molecule has 0 aromatic heterocycles. The van der Waals surface area contributed by atoms with Gasteiger partial charge in [-0.25, -0.2) is 0 Å². The summed E-state index contributed by atoms with van der Waals surface area (Å²) in [5, 5.41) is 13.8. The number of ketones is 2. The van der Waals surface area contributed by atoms with E-state index in [1.54, 1.807) is 26.0 Å². The van der Waals surface area contributed by atoms with Crippen molar-refractivity contribution in [3.05, 3.63) is 35.4 Å². The van der Waals surface area contributed by atoms with Gasteiger partial charge >= 0.3 is 11.9 Å². The van der Waals surface area contributed by atoms with Gasteiger partial charge in [-0.05, 0) is 32.8 Å². The largest absolute Gasteiger partial charge is 0.465 e. The minimum Gasteiger partial charge on any atom is -0.465 e. The van der Waals surface area contributed by atoms with Crippen LogP contribution in [0.1, 0.15) is 43.6 Å². The number of hydrogen-bond donors (Lipinski definition) is 1. The molecule has 0 radical (unpaired) electrons. The normalized spacial score (nSPS) is 9.89. The first-order valence-electron chi connectivity index (χ1n) is 8.19. The second-order valence-electron chi connectivity index (χ2n) is 5.63. The van der Waals surface area contributed by atoms with Crippen LogP contribution in [0.15, 0.2) is 24.3 Å². The maximum absolute atomic E-state index is 12.2. The Morgan fingerprint density at radius 3 is 1.78 bits per heavy atom. The summed E-state index contributed by atoms with van der Waals surface area (Å²) < 4.78 is 10.0. The van der Waals surface area contributed by atoms with Crippen molar-refractivity contribution in [2.75, 3.05) is 13.2 Å². The van der Waals surface area contributed by atoms with Crippen molar-refractivity contribution in [2.24, 2.45) is 5.41 Å². The lowest BCUT2D eigenvalue weighted by Crippen LogP contribution is -2.41. The quantitative estimate of drug-likeness (QED) is 0.239. The van der Waals surface area contributed by atoms with Crippen molar-refractivity contribution in [3.63, 3.8) is 0 Å². The van der Waals surface area contributed by atoms with E-state index in [-0.39, 0.29) is 25.2 Å². The average molecular weight is 377 g/mol. The zero-order chi connectivity index (χ0) is 21.0. The van der Waals surface area contributed by atoms with Gasteiger partial charge < -0.3 is 14.6 Å². The summed E-state index contributed by atoms with van der Waals surface area (Å²) in [4.78, 5) is 47.2. The molecular formula is C19H23NO7. The number of benzene rings is 1. The van der Waals surface area contributed by atoms with E-state index in [4.69, 9.17) is 19.8 Å². The Kier molecular flexibility index (Phi) is 10.1. The topological polar surface area (TPSA) is 131 Å². The molecular weight excluding hydrogens is 354 g/mol. The molecule has 8 nitrogen and oxygen atoms in total. The Balaban J connectivity index is 0.00000210. The van der Waals surface area contributed by atoms with Gasteiger partial charge in [0.15, 0.2) is 11.2 Å². The second kappa shape index (κ2) is 11.4. The zero-order valence-corrected chi connectivity index (χ0v) is 15.8. The lowest BCUT2D eigenvalue weighted by atomic mass is 9.83. The van der Waals surface area contributed by atoms with E-state index in [9.17, 15) is 19.2 Å². The van der Waals surface area contributed by atoms with Gasteiger partial charge in [-0.1, -0.05) is 24.3 Å². The van der Waals surface area contributed by atoms with Crippen molar-refractivity contribution in [1.82, 2.24) is 0 Å². The van der Waals surface area contributed by atoms with Gasteiger partial charge in [0.2, 0.25) is 5.78 Å². The molecule has 1 rings (SSSR count). The third-order valence-corrected chi connectivity index (χ3v) is 3.55. The van der Waals surface area contributed by atoms with E-state index in [0.29, 0.717) is 5.56 Å². The Bertz CT molecular complexity index is 699. The first-order valence-corrected chi connectivity index (χ1v) is 8.19. The van der Waals surface area contributed by atoms with Crippen LogP contribution in [-0.2, 0) is 30.3 Å². The van der Waals surface area contributed by atoms with Crippen LogP contribution in [0.2, 0.25) is 0 Å². The number of ether oxygens (including phenoxy) is 2. The first kappa shape index (κ1) is 23.8. The summed E-state index contributed by atoms with van der Waals surface area (Å²) in [5.74, 6) is -2.45. The summed E-state index contributed by atoms with van der Waals surface area (Å²) in [5.41, 5.74) is -0.558. The number of nitrogens with zero attached hydrogens (tertiary/aromatic N) is 1. The second-order valence-corrected chi connectivity index (χ2v) is 5.63. The first-order chi connectivity index (χ1) is 12.7. The van der Waals surface area contributed by atoms with Crippen molar-refractivity contribution in [1.29, 1.82) is 5.26 Å². The molecule has 0 saturated carbocycles. The molecule has 0 aliphatic carbocycles. The maximum Gasteiger partial charge on any atom is 0.323 e. The number of hydrogen-bond acceptors (Lipinski definition) is 8. The average Bonchev–Trinajstić information content (AvgIpc) is 2.62. The highest BCUT2D eigenvalue weighted by atomic mass is 16.6. The minimum absolute atomic E-state index is 0.0687. The number of nitriles is 1. The predicted molar refractivity (Wildman–Crippen MR) is 94.1 cm³/mol. The van der Waals surface area contributed by atoms with Gasteiger partial charge in [0, 0.05) is 12.5 Å². The predicted octanol–water partition coefficient (Wildman–Crippen LogP) is 1.97. The summed E-state index contributed by atoms with van der Waals surface area (Å²) in [7, 11) is 0. The molecule has 1 aromatic rings. The molecule has 1 aromatic carbocycles. The van der Waals surface area contributed by atoms with Crippen molar-refractivity contribution in [2.45, 2.75) is 34.1 Å². The molecule has 0 bridgehead atoms. The molecule has 0 atom stereocenters. The van der Waals surface area contributed by atoms with Gasteiger partial charge in [0.05, 0.1) is 13.2 Å². The standard InChI is InChI=1S/C18H22O6.CHNO/c1-5-23-16(21)18(4,17(22)24-6-2)11-13-7-9-14(10-8-13)15(20)12(3)19;2-1-3/h7-10H,5-6,11H2,1-4H3;3H. The van der Waals surface area contributed by atoms with Gasteiger partial charge in [0.1, 0.15) is 0 Å².